The Kier molecular flexibility index (Phi) is 8.73. The van der Waals surface area contributed by atoms with E-state index in [1.165, 1.54) is 9.87 Å². The highest BCUT2D eigenvalue weighted by Gasteiger charge is 2.31. The molecule has 0 spiro atoms. The quantitative estimate of drug-likeness (QED) is 0.616. The zero-order chi connectivity index (χ0) is 19.7. The number of carbonyl (C=O) groups is 1. The van der Waals surface area contributed by atoms with E-state index in [0.29, 0.717) is 26.1 Å². The lowest BCUT2D eigenvalue weighted by atomic mass is 9.99. The Labute approximate surface area is 164 Å². The molecule has 7 heteroatoms. The van der Waals surface area contributed by atoms with Crippen molar-refractivity contribution in [2.24, 2.45) is 5.92 Å². The predicted molar refractivity (Wildman–Crippen MR) is 109 cm³/mol. The summed E-state index contributed by atoms with van der Waals surface area (Å²) in [5.74, 6) is -0.0840. The summed E-state index contributed by atoms with van der Waals surface area (Å²) in [5.41, 5.74) is 1.28. The number of nitrogens with zero attached hydrogens (tertiary/aromatic N) is 2. The monoisotopic (exact) mass is 395 g/mol. The second kappa shape index (κ2) is 10.8. The Hall–Kier alpha value is -1.44. The largest absolute Gasteiger partial charge is 0.356 e. The third-order valence-electron chi connectivity index (χ3n) is 4.92. The molecule has 0 saturated carbocycles. The van der Waals surface area contributed by atoms with Crippen molar-refractivity contribution in [3.8, 4) is 0 Å². The molecule has 1 heterocycles. The van der Waals surface area contributed by atoms with Crippen LogP contribution in [0.5, 0.6) is 0 Å². The molecule has 1 N–H and O–H groups in total. The molecule has 0 radical (unpaired) electrons. The molecule has 1 aromatic carbocycles. The number of amides is 1. The van der Waals surface area contributed by atoms with Gasteiger partial charge in [-0.15, -0.1) is 0 Å². The summed E-state index contributed by atoms with van der Waals surface area (Å²) in [6.45, 7) is 5.13. The maximum absolute atomic E-state index is 12.4. The highest BCUT2D eigenvalue weighted by atomic mass is 32.2. The van der Waals surface area contributed by atoms with Crippen molar-refractivity contribution < 1.29 is 13.2 Å². The number of rotatable bonds is 10. The molecule has 1 aromatic rings. The SMILES string of the molecule is CCCS(=O)(=O)N1CCC[C@H](C(=O)NCCCN(C)Cc2ccccc2)C1. The Morgan fingerprint density at radius 3 is 2.74 bits per heavy atom. The van der Waals surface area contributed by atoms with Crippen LogP contribution in [-0.4, -0.2) is 62.5 Å². The molecular weight excluding hydrogens is 362 g/mol. The minimum atomic E-state index is -3.22. The number of hydrogen-bond donors (Lipinski definition) is 1. The van der Waals surface area contributed by atoms with E-state index in [1.54, 1.807) is 0 Å². The minimum Gasteiger partial charge on any atom is -0.356 e. The highest BCUT2D eigenvalue weighted by molar-refractivity contribution is 7.89. The molecule has 1 atom stereocenters. The lowest BCUT2D eigenvalue weighted by Crippen LogP contribution is -2.46. The Bertz CT molecular complexity index is 679. The molecule has 0 unspecified atom stereocenters. The molecule has 1 amide bonds. The van der Waals surface area contributed by atoms with Crippen LogP contribution in [-0.2, 0) is 21.4 Å². The molecule has 0 aliphatic carbocycles. The summed E-state index contributed by atoms with van der Waals surface area (Å²) < 4.78 is 26.0. The van der Waals surface area contributed by atoms with Gasteiger partial charge in [-0.2, -0.15) is 0 Å². The van der Waals surface area contributed by atoms with Crippen molar-refractivity contribution in [2.45, 2.75) is 39.2 Å². The maximum atomic E-state index is 12.4. The van der Waals surface area contributed by atoms with E-state index in [9.17, 15) is 13.2 Å². The molecule has 27 heavy (non-hydrogen) atoms. The molecule has 2 rings (SSSR count). The van der Waals surface area contributed by atoms with Crippen LogP contribution in [0.15, 0.2) is 30.3 Å². The number of benzene rings is 1. The van der Waals surface area contributed by atoms with Gasteiger partial charge in [-0.25, -0.2) is 12.7 Å². The van der Waals surface area contributed by atoms with Crippen LogP contribution in [0.4, 0.5) is 0 Å². The van der Waals surface area contributed by atoms with Crippen molar-refractivity contribution in [3.63, 3.8) is 0 Å². The fourth-order valence-corrected chi connectivity index (χ4v) is 5.06. The lowest BCUT2D eigenvalue weighted by molar-refractivity contribution is -0.126. The molecule has 6 nitrogen and oxygen atoms in total. The topological polar surface area (TPSA) is 69.7 Å². The van der Waals surface area contributed by atoms with Crippen molar-refractivity contribution in [1.82, 2.24) is 14.5 Å². The van der Waals surface area contributed by atoms with E-state index >= 15 is 0 Å². The third-order valence-corrected chi connectivity index (χ3v) is 6.96. The highest BCUT2D eigenvalue weighted by Crippen LogP contribution is 2.20. The number of hydrogen-bond acceptors (Lipinski definition) is 4. The Morgan fingerprint density at radius 2 is 2.04 bits per heavy atom. The molecule has 1 aliphatic heterocycles. The summed E-state index contributed by atoms with van der Waals surface area (Å²) in [4.78, 5) is 14.7. The van der Waals surface area contributed by atoms with E-state index in [2.05, 4.69) is 29.4 Å². The zero-order valence-electron chi connectivity index (χ0n) is 16.6. The molecule has 0 bridgehead atoms. The Morgan fingerprint density at radius 1 is 1.30 bits per heavy atom. The molecular formula is C20H33N3O3S. The first kappa shape index (κ1) is 21.9. The van der Waals surface area contributed by atoms with Crippen molar-refractivity contribution in [2.75, 3.05) is 39.0 Å². The number of carbonyl (C=O) groups excluding carboxylic acids is 1. The third kappa shape index (κ3) is 7.24. The molecule has 1 saturated heterocycles. The van der Waals surface area contributed by atoms with Crippen molar-refractivity contribution >= 4 is 15.9 Å². The summed E-state index contributed by atoms with van der Waals surface area (Å²) >= 11 is 0. The van der Waals surface area contributed by atoms with Crippen LogP contribution >= 0.6 is 0 Å². The van der Waals surface area contributed by atoms with Gasteiger partial charge in [0.25, 0.3) is 0 Å². The van der Waals surface area contributed by atoms with E-state index in [4.69, 9.17) is 0 Å². The van der Waals surface area contributed by atoms with Gasteiger partial charge in [0.05, 0.1) is 11.7 Å². The van der Waals surface area contributed by atoms with E-state index in [1.807, 2.05) is 25.1 Å². The van der Waals surface area contributed by atoms with Gasteiger partial charge in [-0.3, -0.25) is 4.79 Å². The van der Waals surface area contributed by atoms with Gasteiger partial charge in [0, 0.05) is 26.2 Å². The first-order valence-electron chi connectivity index (χ1n) is 9.90. The molecule has 0 aromatic heterocycles. The maximum Gasteiger partial charge on any atom is 0.224 e. The average molecular weight is 396 g/mol. The Balaban J connectivity index is 1.69. The van der Waals surface area contributed by atoms with E-state index < -0.39 is 10.0 Å². The summed E-state index contributed by atoms with van der Waals surface area (Å²) in [6, 6.07) is 10.3. The molecule has 152 valence electrons. The fourth-order valence-electron chi connectivity index (χ4n) is 3.48. The second-order valence-electron chi connectivity index (χ2n) is 7.38. The van der Waals surface area contributed by atoms with Crippen LogP contribution in [0, 0.1) is 5.92 Å². The predicted octanol–water partition coefficient (Wildman–Crippen LogP) is 2.08. The van der Waals surface area contributed by atoms with Crippen LogP contribution in [0.2, 0.25) is 0 Å². The lowest BCUT2D eigenvalue weighted by Gasteiger charge is -2.31. The van der Waals surface area contributed by atoms with Crippen LogP contribution in [0.1, 0.15) is 38.2 Å². The first-order valence-corrected chi connectivity index (χ1v) is 11.5. The fraction of sp³-hybridized carbons (Fsp3) is 0.650. The van der Waals surface area contributed by atoms with E-state index in [-0.39, 0.29) is 17.6 Å². The van der Waals surface area contributed by atoms with Gasteiger partial charge in [-0.1, -0.05) is 37.3 Å². The smallest absolute Gasteiger partial charge is 0.224 e. The van der Waals surface area contributed by atoms with Crippen molar-refractivity contribution in [3.05, 3.63) is 35.9 Å². The van der Waals surface area contributed by atoms with E-state index in [0.717, 1.165) is 32.4 Å². The molecule has 1 fully saturated rings. The number of sulfonamides is 1. The number of piperidine rings is 1. The standard InChI is InChI=1S/C20H33N3O3S/c1-3-15-27(25,26)23-14-7-11-19(17-23)20(24)21-12-8-13-22(2)16-18-9-5-4-6-10-18/h4-6,9-10,19H,3,7-8,11-17H2,1-2H3,(H,21,24)/t19-/m0/s1. The minimum absolute atomic E-state index is 0.0166. The van der Waals surface area contributed by atoms with Gasteiger partial charge < -0.3 is 10.2 Å². The van der Waals surface area contributed by atoms with Crippen LogP contribution in [0.25, 0.3) is 0 Å². The van der Waals surface area contributed by atoms with Gasteiger partial charge in [0.2, 0.25) is 15.9 Å². The summed E-state index contributed by atoms with van der Waals surface area (Å²) in [6.07, 6.45) is 2.99. The first-order chi connectivity index (χ1) is 12.9. The van der Waals surface area contributed by atoms with Crippen LogP contribution < -0.4 is 5.32 Å². The van der Waals surface area contributed by atoms with Gasteiger partial charge in [-0.05, 0) is 44.8 Å². The average Bonchev–Trinajstić information content (AvgIpc) is 2.66. The van der Waals surface area contributed by atoms with Gasteiger partial charge in [0.1, 0.15) is 0 Å². The van der Waals surface area contributed by atoms with Crippen LogP contribution in [0.3, 0.4) is 0 Å². The molecule has 1 aliphatic rings. The normalized spacial score (nSPS) is 18.6. The van der Waals surface area contributed by atoms with Gasteiger partial charge >= 0.3 is 0 Å². The summed E-state index contributed by atoms with van der Waals surface area (Å²) in [5, 5.41) is 2.99. The van der Waals surface area contributed by atoms with Gasteiger partial charge in [0.15, 0.2) is 0 Å². The summed E-state index contributed by atoms with van der Waals surface area (Å²) in [7, 11) is -1.14. The zero-order valence-corrected chi connectivity index (χ0v) is 17.4. The van der Waals surface area contributed by atoms with Crippen molar-refractivity contribution in [1.29, 1.82) is 0 Å². The second-order valence-corrected chi connectivity index (χ2v) is 9.47. The number of nitrogens with one attached hydrogen (secondary N) is 1.